The Bertz CT molecular complexity index is 267. The highest BCUT2D eigenvalue weighted by Crippen LogP contribution is 2.13. The van der Waals surface area contributed by atoms with E-state index >= 15 is 0 Å². The van der Waals surface area contributed by atoms with Gasteiger partial charge in [-0.05, 0) is 28.1 Å². The Kier molecular flexibility index (Phi) is 2.93. The molecule has 2 N–H and O–H groups in total. The maximum absolute atomic E-state index is 4.35. The molecule has 0 bridgehead atoms. The van der Waals surface area contributed by atoms with Gasteiger partial charge in [-0.25, -0.2) is 0 Å². The lowest BCUT2D eigenvalue weighted by Gasteiger charge is -2.23. The van der Waals surface area contributed by atoms with Gasteiger partial charge in [0.25, 0.3) is 0 Å². The molecule has 1 atom stereocenters. The van der Waals surface area contributed by atoms with Crippen molar-refractivity contribution in [2.45, 2.75) is 6.04 Å². The van der Waals surface area contributed by atoms with Crippen molar-refractivity contribution in [1.29, 1.82) is 0 Å². The summed E-state index contributed by atoms with van der Waals surface area (Å²) in [6, 6.07) is 4.44. The first kappa shape index (κ1) is 9.12. The molecule has 1 aromatic rings. The number of nitrogens with one attached hydrogen (secondary N) is 2. The molecule has 2 rings (SSSR count). The summed E-state index contributed by atoms with van der Waals surface area (Å²) in [7, 11) is 0. The minimum atomic E-state index is 0.363. The smallest absolute Gasteiger partial charge is 0.0622 e. The second-order valence-electron chi connectivity index (χ2n) is 3.11. The molecule has 70 valence electrons. The third-order valence-electron chi connectivity index (χ3n) is 2.15. The van der Waals surface area contributed by atoms with E-state index < -0.39 is 0 Å². The molecule has 4 heteroatoms. The first-order valence-corrected chi connectivity index (χ1v) is 5.21. The van der Waals surface area contributed by atoms with Crippen LogP contribution in [0.2, 0.25) is 0 Å². The molecule has 1 aromatic heterocycles. The zero-order valence-corrected chi connectivity index (χ0v) is 8.84. The van der Waals surface area contributed by atoms with Crippen LogP contribution in [0.25, 0.3) is 0 Å². The SMILES string of the molecule is Brc1ccc([C@H]2CNCCN2)nc1. The van der Waals surface area contributed by atoms with Crippen molar-refractivity contribution >= 4 is 15.9 Å². The Balaban J connectivity index is 2.10. The number of halogens is 1. The van der Waals surface area contributed by atoms with Crippen molar-refractivity contribution < 1.29 is 0 Å². The average molecular weight is 242 g/mol. The van der Waals surface area contributed by atoms with Crippen LogP contribution >= 0.6 is 15.9 Å². The van der Waals surface area contributed by atoms with Crippen molar-refractivity contribution in [3.63, 3.8) is 0 Å². The summed E-state index contributed by atoms with van der Waals surface area (Å²) in [6.07, 6.45) is 1.84. The quantitative estimate of drug-likeness (QED) is 0.773. The highest BCUT2D eigenvalue weighted by Gasteiger charge is 2.14. The summed E-state index contributed by atoms with van der Waals surface area (Å²) in [5.74, 6) is 0. The largest absolute Gasteiger partial charge is 0.314 e. The average Bonchev–Trinajstić information content (AvgIpc) is 2.20. The van der Waals surface area contributed by atoms with Gasteiger partial charge in [0.05, 0.1) is 11.7 Å². The van der Waals surface area contributed by atoms with Crippen LogP contribution < -0.4 is 10.6 Å². The molecule has 0 aromatic carbocycles. The van der Waals surface area contributed by atoms with Gasteiger partial charge in [0.15, 0.2) is 0 Å². The van der Waals surface area contributed by atoms with E-state index in [1.807, 2.05) is 12.3 Å². The number of aromatic nitrogens is 1. The van der Waals surface area contributed by atoms with Crippen molar-refractivity contribution in [2.75, 3.05) is 19.6 Å². The molecule has 13 heavy (non-hydrogen) atoms. The number of hydrogen-bond donors (Lipinski definition) is 2. The van der Waals surface area contributed by atoms with E-state index in [4.69, 9.17) is 0 Å². The lowest BCUT2D eigenvalue weighted by atomic mass is 10.1. The van der Waals surface area contributed by atoms with Gasteiger partial charge in [0.1, 0.15) is 0 Å². The van der Waals surface area contributed by atoms with Crippen LogP contribution in [0, 0.1) is 0 Å². The number of nitrogens with zero attached hydrogens (tertiary/aromatic N) is 1. The van der Waals surface area contributed by atoms with Crippen LogP contribution in [0.1, 0.15) is 11.7 Å². The van der Waals surface area contributed by atoms with Gasteiger partial charge in [0, 0.05) is 30.3 Å². The van der Waals surface area contributed by atoms with E-state index in [2.05, 4.69) is 37.6 Å². The molecule has 2 heterocycles. The molecule has 1 aliphatic rings. The third kappa shape index (κ3) is 2.27. The summed E-state index contributed by atoms with van der Waals surface area (Å²) < 4.78 is 1.03. The van der Waals surface area contributed by atoms with Gasteiger partial charge in [0.2, 0.25) is 0 Å². The fourth-order valence-corrected chi connectivity index (χ4v) is 1.69. The summed E-state index contributed by atoms with van der Waals surface area (Å²) in [4.78, 5) is 4.35. The van der Waals surface area contributed by atoms with E-state index in [-0.39, 0.29) is 0 Å². The van der Waals surface area contributed by atoms with Crippen LogP contribution in [-0.4, -0.2) is 24.6 Å². The van der Waals surface area contributed by atoms with Gasteiger partial charge in [-0.15, -0.1) is 0 Å². The first-order chi connectivity index (χ1) is 6.36. The number of hydrogen-bond acceptors (Lipinski definition) is 3. The topological polar surface area (TPSA) is 37.0 Å². The second kappa shape index (κ2) is 4.17. The molecule has 0 amide bonds. The van der Waals surface area contributed by atoms with E-state index in [0.717, 1.165) is 29.8 Å². The summed E-state index contributed by atoms with van der Waals surface area (Å²) >= 11 is 3.37. The molecule has 1 fully saturated rings. The highest BCUT2D eigenvalue weighted by molar-refractivity contribution is 9.10. The minimum Gasteiger partial charge on any atom is -0.314 e. The fourth-order valence-electron chi connectivity index (χ4n) is 1.46. The van der Waals surface area contributed by atoms with Crippen LogP contribution in [0.3, 0.4) is 0 Å². The Labute approximate surface area is 86.1 Å². The van der Waals surface area contributed by atoms with Crippen LogP contribution in [0.5, 0.6) is 0 Å². The van der Waals surface area contributed by atoms with E-state index in [1.54, 1.807) is 0 Å². The molecule has 0 saturated carbocycles. The van der Waals surface area contributed by atoms with Gasteiger partial charge in [-0.3, -0.25) is 4.98 Å². The summed E-state index contributed by atoms with van der Waals surface area (Å²) in [6.45, 7) is 3.03. The zero-order chi connectivity index (χ0) is 9.10. The predicted octanol–water partition coefficient (Wildman–Crippen LogP) is 1.08. The first-order valence-electron chi connectivity index (χ1n) is 4.42. The normalized spacial score (nSPS) is 23.0. The van der Waals surface area contributed by atoms with Crippen molar-refractivity contribution in [3.05, 3.63) is 28.5 Å². The number of rotatable bonds is 1. The minimum absolute atomic E-state index is 0.363. The van der Waals surface area contributed by atoms with Crippen molar-refractivity contribution in [3.8, 4) is 0 Å². The van der Waals surface area contributed by atoms with E-state index in [9.17, 15) is 0 Å². The van der Waals surface area contributed by atoms with Gasteiger partial charge >= 0.3 is 0 Å². The van der Waals surface area contributed by atoms with Crippen LogP contribution in [0.15, 0.2) is 22.8 Å². The molecular weight excluding hydrogens is 230 g/mol. The Morgan fingerprint density at radius 1 is 1.38 bits per heavy atom. The molecule has 1 saturated heterocycles. The monoisotopic (exact) mass is 241 g/mol. The fraction of sp³-hybridized carbons (Fsp3) is 0.444. The van der Waals surface area contributed by atoms with Gasteiger partial charge in [-0.2, -0.15) is 0 Å². The van der Waals surface area contributed by atoms with E-state index in [0.29, 0.717) is 6.04 Å². The molecule has 0 unspecified atom stereocenters. The highest BCUT2D eigenvalue weighted by atomic mass is 79.9. The molecular formula is C9H12BrN3. The molecule has 0 aliphatic carbocycles. The molecule has 0 radical (unpaired) electrons. The maximum atomic E-state index is 4.35. The van der Waals surface area contributed by atoms with Gasteiger partial charge < -0.3 is 10.6 Å². The van der Waals surface area contributed by atoms with Crippen LogP contribution in [0.4, 0.5) is 0 Å². The molecule has 0 spiro atoms. The van der Waals surface area contributed by atoms with Crippen LogP contribution in [-0.2, 0) is 0 Å². The number of pyridine rings is 1. The standard InChI is InChI=1S/C9H12BrN3/c10-7-1-2-8(13-5-7)9-6-11-3-4-12-9/h1-2,5,9,11-12H,3-4,6H2/t9-/m1/s1. The van der Waals surface area contributed by atoms with E-state index in [1.165, 1.54) is 0 Å². The maximum Gasteiger partial charge on any atom is 0.0622 e. The Hall–Kier alpha value is -0.450. The Morgan fingerprint density at radius 2 is 2.31 bits per heavy atom. The lowest BCUT2D eigenvalue weighted by Crippen LogP contribution is -2.42. The second-order valence-corrected chi connectivity index (χ2v) is 4.03. The lowest BCUT2D eigenvalue weighted by molar-refractivity contribution is 0.423. The van der Waals surface area contributed by atoms with Gasteiger partial charge in [-0.1, -0.05) is 0 Å². The van der Waals surface area contributed by atoms with Crippen molar-refractivity contribution in [1.82, 2.24) is 15.6 Å². The molecule has 3 nitrogen and oxygen atoms in total. The summed E-state index contributed by atoms with van der Waals surface area (Å²) in [5.41, 5.74) is 1.11. The summed E-state index contributed by atoms with van der Waals surface area (Å²) in [5, 5.41) is 6.75. The molecule has 1 aliphatic heterocycles. The zero-order valence-electron chi connectivity index (χ0n) is 7.26. The van der Waals surface area contributed by atoms with Crippen molar-refractivity contribution in [2.24, 2.45) is 0 Å². The Morgan fingerprint density at radius 3 is 2.92 bits per heavy atom. The third-order valence-corrected chi connectivity index (χ3v) is 2.62. The number of piperazine rings is 1. The predicted molar refractivity (Wildman–Crippen MR) is 55.6 cm³/mol.